The van der Waals surface area contributed by atoms with E-state index in [1.165, 1.54) is 0 Å². The van der Waals surface area contributed by atoms with Crippen molar-refractivity contribution in [3.05, 3.63) is 65.5 Å². The van der Waals surface area contributed by atoms with Gasteiger partial charge in [-0.25, -0.2) is 5.01 Å². The SMILES string of the molecule is CC(C)(C)N(NC(=O)c1ccc(C(F)(F)F)cn1)C(=O)c1ccccc1. The van der Waals surface area contributed by atoms with Gasteiger partial charge in [-0.05, 0) is 45.0 Å². The molecule has 2 rings (SSSR count). The van der Waals surface area contributed by atoms with Gasteiger partial charge in [-0.15, -0.1) is 0 Å². The second-order valence-electron chi connectivity index (χ2n) is 6.55. The summed E-state index contributed by atoms with van der Waals surface area (Å²) < 4.78 is 37.8. The zero-order chi connectivity index (χ0) is 19.5. The number of nitrogens with one attached hydrogen (secondary N) is 1. The van der Waals surface area contributed by atoms with E-state index in [0.717, 1.165) is 17.1 Å². The van der Waals surface area contributed by atoms with Crippen molar-refractivity contribution in [1.82, 2.24) is 15.4 Å². The number of rotatable bonds is 2. The summed E-state index contributed by atoms with van der Waals surface area (Å²) in [7, 11) is 0. The predicted molar refractivity (Wildman–Crippen MR) is 89.1 cm³/mol. The van der Waals surface area contributed by atoms with Gasteiger partial charge in [0.1, 0.15) is 5.69 Å². The van der Waals surface area contributed by atoms with E-state index in [1.807, 2.05) is 0 Å². The number of halogens is 3. The number of hydrogen-bond acceptors (Lipinski definition) is 3. The fraction of sp³-hybridized carbons (Fsp3) is 0.278. The average Bonchev–Trinajstić information content (AvgIpc) is 2.58. The number of nitrogens with zero attached hydrogens (tertiary/aromatic N) is 2. The molecule has 26 heavy (non-hydrogen) atoms. The van der Waals surface area contributed by atoms with Crippen LogP contribution in [0.3, 0.4) is 0 Å². The number of benzene rings is 1. The lowest BCUT2D eigenvalue weighted by molar-refractivity contribution is -0.137. The molecule has 0 aliphatic heterocycles. The molecule has 1 N–H and O–H groups in total. The molecule has 1 aromatic carbocycles. The van der Waals surface area contributed by atoms with Crippen LogP contribution in [0, 0.1) is 0 Å². The van der Waals surface area contributed by atoms with E-state index >= 15 is 0 Å². The molecule has 2 amide bonds. The van der Waals surface area contributed by atoms with Crippen molar-refractivity contribution in [3.8, 4) is 0 Å². The Bertz CT molecular complexity index is 782. The third-order valence-electron chi connectivity index (χ3n) is 3.43. The molecule has 0 aliphatic rings. The normalized spacial score (nSPS) is 11.8. The van der Waals surface area contributed by atoms with Crippen molar-refractivity contribution in [3.63, 3.8) is 0 Å². The highest BCUT2D eigenvalue weighted by Gasteiger charge is 2.32. The van der Waals surface area contributed by atoms with E-state index in [0.29, 0.717) is 11.8 Å². The second kappa shape index (κ2) is 7.15. The van der Waals surface area contributed by atoms with Crippen molar-refractivity contribution in [2.45, 2.75) is 32.5 Å². The lowest BCUT2D eigenvalue weighted by Gasteiger charge is -2.35. The van der Waals surface area contributed by atoms with Crippen LogP contribution in [0.4, 0.5) is 13.2 Å². The molecule has 1 heterocycles. The Morgan fingerprint density at radius 2 is 1.62 bits per heavy atom. The van der Waals surface area contributed by atoms with Gasteiger partial charge >= 0.3 is 6.18 Å². The standard InChI is InChI=1S/C18H18F3N3O2/c1-17(2,3)24(16(26)12-7-5-4-6-8-12)23-15(25)14-10-9-13(11-22-14)18(19,20)21/h4-11H,1-3H3,(H,23,25). The number of pyridine rings is 1. The summed E-state index contributed by atoms with van der Waals surface area (Å²) in [6, 6.07) is 10.1. The number of hydrazine groups is 1. The van der Waals surface area contributed by atoms with Gasteiger partial charge in [-0.1, -0.05) is 18.2 Å². The summed E-state index contributed by atoms with van der Waals surface area (Å²) in [6.07, 6.45) is -3.96. The first-order valence-corrected chi connectivity index (χ1v) is 7.74. The molecule has 0 atom stereocenters. The van der Waals surface area contributed by atoms with Gasteiger partial charge in [0.2, 0.25) is 0 Å². The first kappa shape index (κ1) is 19.4. The minimum Gasteiger partial charge on any atom is -0.267 e. The Hall–Kier alpha value is -2.90. The molecule has 0 fully saturated rings. The third kappa shape index (κ3) is 4.59. The summed E-state index contributed by atoms with van der Waals surface area (Å²) in [5, 5.41) is 1.13. The largest absolute Gasteiger partial charge is 0.417 e. The Balaban J connectivity index is 2.23. The van der Waals surface area contributed by atoms with Gasteiger partial charge in [-0.3, -0.25) is 20.0 Å². The van der Waals surface area contributed by atoms with Crippen LogP contribution in [0.2, 0.25) is 0 Å². The van der Waals surface area contributed by atoms with Gasteiger partial charge < -0.3 is 0 Å². The molecule has 0 spiro atoms. The van der Waals surface area contributed by atoms with Crippen LogP contribution in [0.15, 0.2) is 48.7 Å². The fourth-order valence-electron chi connectivity index (χ4n) is 2.09. The molecule has 0 bridgehead atoms. The number of carbonyl (C=O) groups is 2. The highest BCUT2D eigenvalue weighted by atomic mass is 19.4. The van der Waals surface area contributed by atoms with Crippen LogP contribution in [0.5, 0.6) is 0 Å². The molecule has 0 unspecified atom stereocenters. The van der Waals surface area contributed by atoms with Crippen molar-refractivity contribution < 1.29 is 22.8 Å². The Morgan fingerprint density at radius 3 is 2.08 bits per heavy atom. The van der Waals surface area contributed by atoms with Gasteiger partial charge in [-0.2, -0.15) is 13.2 Å². The number of alkyl halides is 3. The number of amides is 2. The maximum absolute atomic E-state index is 12.7. The maximum Gasteiger partial charge on any atom is 0.417 e. The van der Waals surface area contributed by atoms with Crippen LogP contribution in [0.25, 0.3) is 0 Å². The van der Waals surface area contributed by atoms with Crippen LogP contribution >= 0.6 is 0 Å². The van der Waals surface area contributed by atoms with E-state index in [9.17, 15) is 22.8 Å². The molecule has 8 heteroatoms. The summed E-state index contributed by atoms with van der Waals surface area (Å²) in [5.74, 6) is -1.23. The smallest absolute Gasteiger partial charge is 0.267 e. The van der Waals surface area contributed by atoms with Gasteiger partial charge in [0.15, 0.2) is 0 Å². The fourth-order valence-corrected chi connectivity index (χ4v) is 2.09. The number of hydrogen-bond donors (Lipinski definition) is 1. The summed E-state index contributed by atoms with van der Waals surface area (Å²) in [5.41, 5.74) is 0.840. The zero-order valence-electron chi connectivity index (χ0n) is 14.5. The molecule has 0 radical (unpaired) electrons. The Morgan fingerprint density at radius 1 is 1.00 bits per heavy atom. The molecular weight excluding hydrogens is 347 g/mol. The zero-order valence-corrected chi connectivity index (χ0v) is 14.5. The average molecular weight is 365 g/mol. The minimum absolute atomic E-state index is 0.229. The molecule has 2 aromatic rings. The first-order chi connectivity index (χ1) is 12.0. The lowest BCUT2D eigenvalue weighted by Crippen LogP contribution is -2.56. The van der Waals surface area contributed by atoms with Crippen molar-refractivity contribution in [1.29, 1.82) is 0 Å². The Labute approximate surface area is 148 Å². The van der Waals surface area contributed by atoms with E-state index in [-0.39, 0.29) is 5.69 Å². The van der Waals surface area contributed by atoms with E-state index in [1.54, 1.807) is 51.1 Å². The first-order valence-electron chi connectivity index (χ1n) is 7.74. The molecule has 1 aromatic heterocycles. The second-order valence-corrected chi connectivity index (χ2v) is 6.55. The lowest BCUT2D eigenvalue weighted by atomic mass is 10.1. The van der Waals surface area contributed by atoms with Crippen molar-refractivity contribution in [2.24, 2.45) is 0 Å². The highest BCUT2D eigenvalue weighted by Crippen LogP contribution is 2.28. The number of aromatic nitrogens is 1. The number of carbonyl (C=O) groups excluding carboxylic acids is 2. The van der Waals surface area contributed by atoms with Gasteiger partial charge in [0, 0.05) is 11.8 Å². The van der Waals surface area contributed by atoms with Crippen LogP contribution in [0.1, 0.15) is 47.2 Å². The third-order valence-corrected chi connectivity index (χ3v) is 3.43. The van der Waals surface area contributed by atoms with Gasteiger partial charge in [0.05, 0.1) is 11.1 Å². The molecule has 138 valence electrons. The predicted octanol–water partition coefficient (Wildman–Crippen LogP) is 3.69. The molecule has 0 aliphatic carbocycles. The molecule has 0 saturated carbocycles. The van der Waals surface area contributed by atoms with Crippen molar-refractivity contribution >= 4 is 11.8 Å². The topological polar surface area (TPSA) is 62.3 Å². The quantitative estimate of drug-likeness (QED) is 0.826. The molecule has 5 nitrogen and oxygen atoms in total. The minimum atomic E-state index is -4.54. The molecule has 0 saturated heterocycles. The summed E-state index contributed by atoms with van der Waals surface area (Å²) in [6.45, 7) is 5.15. The maximum atomic E-state index is 12.7. The van der Waals surface area contributed by atoms with Crippen molar-refractivity contribution in [2.75, 3.05) is 0 Å². The van der Waals surface area contributed by atoms with Gasteiger partial charge in [0.25, 0.3) is 11.8 Å². The highest BCUT2D eigenvalue weighted by molar-refractivity contribution is 5.98. The van der Waals surface area contributed by atoms with E-state index in [2.05, 4.69) is 10.4 Å². The van der Waals surface area contributed by atoms with Crippen LogP contribution in [-0.4, -0.2) is 27.3 Å². The van der Waals surface area contributed by atoms with E-state index < -0.39 is 29.1 Å². The molecular formula is C18H18F3N3O2. The Kier molecular flexibility index (Phi) is 5.34. The summed E-state index contributed by atoms with van der Waals surface area (Å²) >= 11 is 0. The monoisotopic (exact) mass is 365 g/mol. The van der Waals surface area contributed by atoms with Crippen LogP contribution < -0.4 is 5.43 Å². The van der Waals surface area contributed by atoms with E-state index in [4.69, 9.17) is 0 Å². The van der Waals surface area contributed by atoms with Crippen LogP contribution in [-0.2, 0) is 6.18 Å². The summed E-state index contributed by atoms with van der Waals surface area (Å²) in [4.78, 5) is 28.6.